The number of hydrogen-bond donors (Lipinski definition) is 1. The van der Waals surface area contributed by atoms with E-state index in [9.17, 15) is 4.79 Å². The predicted molar refractivity (Wildman–Crippen MR) is 133 cm³/mol. The van der Waals surface area contributed by atoms with Gasteiger partial charge in [0.15, 0.2) is 11.6 Å². The summed E-state index contributed by atoms with van der Waals surface area (Å²) in [5.41, 5.74) is 0.884. The Morgan fingerprint density at radius 2 is 1.85 bits per heavy atom. The minimum absolute atomic E-state index is 0.0205. The molecule has 0 bridgehead atoms. The highest BCUT2D eigenvalue weighted by molar-refractivity contribution is 5.90. The molecule has 9 nitrogen and oxygen atoms in total. The highest BCUT2D eigenvalue weighted by Crippen LogP contribution is 2.25. The molecule has 0 radical (unpaired) electrons. The van der Waals surface area contributed by atoms with Crippen molar-refractivity contribution in [3.05, 3.63) is 42.0 Å². The van der Waals surface area contributed by atoms with Crippen LogP contribution in [0, 0.1) is 0 Å². The molecule has 2 fully saturated rings. The van der Waals surface area contributed by atoms with Crippen LogP contribution in [0.1, 0.15) is 37.3 Å². The lowest BCUT2D eigenvalue weighted by Crippen LogP contribution is -2.31. The van der Waals surface area contributed by atoms with Gasteiger partial charge >= 0.3 is 0 Å². The fraction of sp³-hybridized carbons (Fsp3) is 0.400. The molecule has 1 aromatic carbocycles. The topological polar surface area (TPSA) is 96.4 Å². The van der Waals surface area contributed by atoms with Gasteiger partial charge in [-0.05, 0) is 43.5 Å². The molecule has 34 heavy (non-hydrogen) atoms. The first-order valence-corrected chi connectivity index (χ1v) is 11.7. The van der Waals surface area contributed by atoms with Crippen molar-refractivity contribution in [2.24, 2.45) is 0 Å². The molecule has 2 saturated heterocycles. The van der Waals surface area contributed by atoms with Gasteiger partial charge in [-0.15, -0.1) is 0 Å². The monoisotopic (exact) mass is 459 g/mol. The summed E-state index contributed by atoms with van der Waals surface area (Å²) in [4.78, 5) is 34.5. The van der Waals surface area contributed by atoms with Crippen LogP contribution in [-0.4, -0.2) is 65.7 Å². The van der Waals surface area contributed by atoms with Crippen LogP contribution in [0.15, 0.2) is 30.3 Å². The van der Waals surface area contributed by atoms with Gasteiger partial charge in [0.1, 0.15) is 18.2 Å². The van der Waals surface area contributed by atoms with Crippen molar-refractivity contribution in [1.29, 1.82) is 0 Å². The number of benzene rings is 1. The zero-order valence-corrected chi connectivity index (χ0v) is 19.6. The number of amides is 1. The second-order valence-corrected chi connectivity index (χ2v) is 8.88. The Balaban J connectivity index is 1.42. The summed E-state index contributed by atoms with van der Waals surface area (Å²) in [5, 5.41) is 3.94. The van der Waals surface area contributed by atoms with E-state index in [-0.39, 0.29) is 11.9 Å². The number of carbonyl (C=O) groups is 1. The highest BCUT2D eigenvalue weighted by Gasteiger charge is 2.22. The largest absolute Gasteiger partial charge is 0.475 e. The van der Waals surface area contributed by atoms with Gasteiger partial charge in [-0.3, -0.25) is 4.79 Å². The fourth-order valence-electron chi connectivity index (χ4n) is 4.32. The van der Waals surface area contributed by atoms with E-state index < -0.39 is 0 Å². The maximum Gasteiger partial charge on any atom is 0.220 e. The third kappa shape index (κ3) is 4.93. The van der Waals surface area contributed by atoms with Crippen LogP contribution in [0.2, 0.25) is 0 Å². The van der Waals surface area contributed by atoms with E-state index in [1.807, 2.05) is 61.5 Å². The third-order valence-corrected chi connectivity index (χ3v) is 6.06. The summed E-state index contributed by atoms with van der Waals surface area (Å²) in [5.74, 6) is 3.42. The minimum Gasteiger partial charge on any atom is -0.475 e. The standard InChI is InChI=1S/C25H29N7O2/c1-31(2)25-18-7-3-4-8-19(18)27-20(30-25)10-11-21-28-22(32-13-5-6-14-32)15-24(29-21)34-16-17-9-12-23(33)26-17/h3-4,7-8,10-11,15,17H,5-6,9,12-14,16H2,1-2H3,(H,26,33)/b11-10+/t17-/m1/s1. The Bertz CT molecular complexity index is 1220. The average molecular weight is 460 g/mol. The summed E-state index contributed by atoms with van der Waals surface area (Å²) in [6.45, 7) is 2.34. The summed E-state index contributed by atoms with van der Waals surface area (Å²) in [7, 11) is 3.95. The van der Waals surface area contributed by atoms with Crippen LogP contribution in [0.5, 0.6) is 5.88 Å². The zero-order valence-electron chi connectivity index (χ0n) is 19.6. The Kier molecular flexibility index (Phi) is 6.24. The van der Waals surface area contributed by atoms with Crippen LogP contribution in [0.3, 0.4) is 0 Å². The van der Waals surface area contributed by atoms with Crippen LogP contribution in [0.25, 0.3) is 23.1 Å². The predicted octanol–water partition coefficient (Wildman–Crippen LogP) is 2.91. The number of para-hydroxylation sites is 1. The lowest BCUT2D eigenvalue weighted by atomic mass is 10.2. The molecule has 2 aromatic heterocycles. The van der Waals surface area contributed by atoms with Crippen molar-refractivity contribution in [3.63, 3.8) is 0 Å². The fourth-order valence-corrected chi connectivity index (χ4v) is 4.32. The first-order chi connectivity index (χ1) is 16.5. The summed E-state index contributed by atoms with van der Waals surface area (Å²) in [6.07, 6.45) is 7.29. The van der Waals surface area contributed by atoms with Gasteiger partial charge in [-0.2, -0.15) is 4.98 Å². The molecule has 1 amide bonds. The van der Waals surface area contributed by atoms with Crippen molar-refractivity contribution < 1.29 is 9.53 Å². The van der Waals surface area contributed by atoms with E-state index in [1.165, 1.54) is 0 Å². The van der Waals surface area contributed by atoms with Crippen molar-refractivity contribution in [3.8, 4) is 5.88 Å². The molecular weight excluding hydrogens is 430 g/mol. The highest BCUT2D eigenvalue weighted by atomic mass is 16.5. The maximum absolute atomic E-state index is 11.5. The number of rotatable bonds is 7. The normalized spacial score (nSPS) is 18.1. The van der Waals surface area contributed by atoms with E-state index in [0.29, 0.717) is 30.6 Å². The van der Waals surface area contributed by atoms with E-state index in [1.54, 1.807) is 0 Å². The zero-order chi connectivity index (χ0) is 23.5. The Morgan fingerprint density at radius 1 is 1.09 bits per heavy atom. The molecule has 0 saturated carbocycles. The molecule has 1 atom stereocenters. The SMILES string of the molecule is CN(C)c1nc(/C=C/c2nc(OC[C@H]3CCC(=O)N3)cc(N3CCCC3)n2)nc2ccccc12. The van der Waals surface area contributed by atoms with Crippen molar-refractivity contribution in [1.82, 2.24) is 25.3 Å². The van der Waals surface area contributed by atoms with Gasteiger partial charge in [0.05, 0.1) is 11.6 Å². The Labute approximate surface area is 198 Å². The van der Waals surface area contributed by atoms with Crippen molar-refractivity contribution in [2.75, 3.05) is 43.6 Å². The Hall–Kier alpha value is -3.75. The summed E-state index contributed by atoms with van der Waals surface area (Å²) in [6, 6.07) is 9.88. The molecule has 1 N–H and O–H groups in total. The van der Waals surface area contributed by atoms with Crippen molar-refractivity contribution in [2.45, 2.75) is 31.7 Å². The molecule has 9 heteroatoms. The molecule has 176 valence electrons. The lowest BCUT2D eigenvalue weighted by Gasteiger charge is -2.18. The number of hydrogen-bond acceptors (Lipinski definition) is 8. The molecule has 0 spiro atoms. The third-order valence-electron chi connectivity index (χ3n) is 6.06. The van der Waals surface area contributed by atoms with Crippen molar-refractivity contribution >= 4 is 40.6 Å². The van der Waals surface area contributed by atoms with Gasteiger partial charge in [0, 0.05) is 45.1 Å². The van der Waals surface area contributed by atoms with E-state index >= 15 is 0 Å². The molecule has 5 rings (SSSR count). The average Bonchev–Trinajstić information content (AvgIpc) is 3.53. The number of aromatic nitrogens is 4. The van der Waals surface area contributed by atoms with Crippen LogP contribution in [0.4, 0.5) is 11.6 Å². The number of fused-ring (bicyclic) bond motifs is 1. The first kappa shape index (κ1) is 22.1. The number of anilines is 2. The maximum atomic E-state index is 11.5. The van der Waals surface area contributed by atoms with E-state index in [2.05, 4.69) is 20.2 Å². The molecule has 4 heterocycles. The molecule has 2 aliphatic rings. The van der Waals surface area contributed by atoms with Crippen LogP contribution >= 0.6 is 0 Å². The number of nitrogens with one attached hydrogen (secondary N) is 1. The molecule has 0 unspecified atom stereocenters. The summed E-state index contributed by atoms with van der Waals surface area (Å²) >= 11 is 0. The summed E-state index contributed by atoms with van der Waals surface area (Å²) < 4.78 is 5.98. The molecule has 2 aliphatic heterocycles. The van der Waals surface area contributed by atoms with Gasteiger partial charge in [0.2, 0.25) is 11.8 Å². The number of carbonyl (C=O) groups excluding carboxylic acids is 1. The van der Waals surface area contributed by atoms with Crippen LogP contribution < -0.4 is 19.9 Å². The first-order valence-electron chi connectivity index (χ1n) is 11.7. The van der Waals surface area contributed by atoms with E-state index in [0.717, 1.165) is 54.9 Å². The number of nitrogens with zero attached hydrogens (tertiary/aromatic N) is 6. The van der Waals surface area contributed by atoms with Crippen LogP contribution in [-0.2, 0) is 4.79 Å². The lowest BCUT2D eigenvalue weighted by molar-refractivity contribution is -0.119. The minimum atomic E-state index is 0.0205. The molecular formula is C25H29N7O2. The van der Waals surface area contributed by atoms with Gasteiger partial charge < -0.3 is 19.9 Å². The van der Waals surface area contributed by atoms with Gasteiger partial charge in [-0.25, -0.2) is 15.0 Å². The van der Waals surface area contributed by atoms with Gasteiger partial charge in [0.25, 0.3) is 0 Å². The number of ether oxygens (including phenoxy) is 1. The second kappa shape index (κ2) is 9.62. The smallest absolute Gasteiger partial charge is 0.220 e. The molecule has 3 aromatic rings. The quantitative estimate of drug-likeness (QED) is 0.576. The second-order valence-electron chi connectivity index (χ2n) is 8.88. The van der Waals surface area contributed by atoms with Gasteiger partial charge in [-0.1, -0.05) is 12.1 Å². The Morgan fingerprint density at radius 3 is 2.59 bits per heavy atom. The van der Waals surface area contributed by atoms with E-state index in [4.69, 9.17) is 14.7 Å². The molecule has 0 aliphatic carbocycles.